The Balaban J connectivity index is 2.23. The van der Waals surface area contributed by atoms with Crippen molar-refractivity contribution in [2.45, 2.75) is 19.8 Å². The van der Waals surface area contributed by atoms with E-state index in [1.54, 1.807) is 12.1 Å². The van der Waals surface area contributed by atoms with Crippen LogP contribution in [-0.4, -0.2) is 5.91 Å². The van der Waals surface area contributed by atoms with Crippen LogP contribution in [0.4, 0.5) is 11.4 Å². The molecule has 0 fully saturated rings. The normalized spacial score (nSPS) is 10.6. The second-order valence-electron chi connectivity index (χ2n) is 4.97. The van der Waals surface area contributed by atoms with Crippen molar-refractivity contribution in [3.05, 3.63) is 58.1 Å². The number of rotatable bonds is 3. The van der Waals surface area contributed by atoms with Gasteiger partial charge in [0.15, 0.2) is 0 Å². The molecule has 0 unspecified atom stereocenters. The lowest BCUT2D eigenvalue weighted by Gasteiger charge is -2.11. The fourth-order valence-electron chi connectivity index (χ4n) is 1.90. The van der Waals surface area contributed by atoms with Gasteiger partial charge in [0.25, 0.3) is 5.91 Å². The van der Waals surface area contributed by atoms with Gasteiger partial charge in [0.1, 0.15) is 0 Å². The zero-order chi connectivity index (χ0) is 14.7. The SMILES string of the molecule is CC(C)c1cccc(NC(=O)c2cc(Br)ccc2N)c1. The highest BCUT2D eigenvalue weighted by Gasteiger charge is 2.11. The molecule has 20 heavy (non-hydrogen) atoms. The third-order valence-electron chi connectivity index (χ3n) is 3.07. The van der Waals surface area contributed by atoms with Crippen molar-refractivity contribution >= 4 is 33.2 Å². The van der Waals surface area contributed by atoms with Crippen molar-refractivity contribution in [1.82, 2.24) is 0 Å². The maximum atomic E-state index is 12.3. The van der Waals surface area contributed by atoms with Crippen molar-refractivity contribution in [2.24, 2.45) is 0 Å². The molecule has 3 nitrogen and oxygen atoms in total. The number of hydrogen-bond donors (Lipinski definition) is 2. The summed E-state index contributed by atoms with van der Waals surface area (Å²) in [5.41, 5.74) is 8.73. The molecule has 2 aromatic carbocycles. The molecule has 0 aliphatic rings. The van der Waals surface area contributed by atoms with E-state index in [0.29, 0.717) is 17.2 Å². The molecular weight excluding hydrogens is 316 g/mol. The highest BCUT2D eigenvalue weighted by Crippen LogP contribution is 2.22. The Morgan fingerprint density at radius 1 is 1.20 bits per heavy atom. The lowest BCUT2D eigenvalue weighted by molar-refractivity contribution is 0.102. The lowest BCUT2D eigenvalue weighted by Crippen LogP contribution is -2.14. The molecule has 0 aliphatic heterocycles. The predicted octanol–water partition coefficient (Wildman–Crippen LogP) is 4.41. The number of carbonyl (C=O) groups is 1. The van der Waals surface area contributed by atoms with Crippen LogP contribution in [0.5, 0.6) is 0 Å². The summed E-state index contributed by atoms with van der Waals surface area (Å²) in [4.78, 5) is 12.3. The number of hydrogen-bond acceptors (Lipinski definition) is 2. The van der Waals surface area contributed by atoms with Gasteiger partial charge in [-0.15, -0.1) is 0 Å². The molecule has 0 radical (unpaired) electrons. The summed E-state index contributed by atoms with van der Waals surface area (Å²) < 4.78 is 0.827. The van der Waals surface area contributed by atoms with Crippen LogP contribution in [0, 0.1) is 0 Å². The Labute approximate surface area is 127 Å². The monoisotopic (exact) mass is 332 g/mol. The van der Waals surface area contributed by atoms with Crippen molar-refractivity contribution < 1.29 is 4.79 Å². The second kappa shape index (κ2) is 6.09. The highest BCUT2D eigenvalue weighted by molar-refractivity contribution is 9.10. The van der Waals surface area contributed by atoms with Gasteiger partial charge in [-0.2, -0.15) is 0 Å². The standard InChI is InChI=1S/C16H17BrN2O/c1-10(2)11-4-3-5-13(8-11)19-16(20)14-9-12(17)6-7-15(14)18/h3-10H,18H2,1-2H3,(H,19,20). The average Bonchev–Trinajstić information content (AvgIpc) is 2.41. The summed E-state index contributed by atoms with van der Waals surface area (Å²) in [6, 6.07) is 13.1. The average molecular weight is 333 g/mol. The number of nitrogens with two attached hydrogens (primary N) is 1. The minimum atomic E-state index is -0.204. The van der Waals surface area contributed by atoms with Crippen molar-refractivity contribution in [3.8, 4) is 0 Å². The molecular formula is C16H17BrN2O. The molecule has 104 valence electrons. The first kappa shape index (κ1) is 14.6. The summed E-state index contributed by atoms with van der Waals surface area (Å²) in [6.07, 6.45) is 0. The number of anilines is 2. The fraction of sp³-hybridized carbons (Fsp3) is 0.188. The lowest BCUT2D eigenvalue weighted by atomic mass is 10.0. The largest absolute Gasteiger partial charge is 0.398 e. The molecule has 1 amide bonds. The van der Waals surface area contributed by atoms with Gasteiger partial charge in [-0.3, -0.25) is 4.79 Å². The third kappa shape index (κ3) is 3.39. The van der Waals surface area contributed by atoms with Crippen LogP contribution >= 0.6 is 15.9 Å². The van der Waals surface area contributed by atoms with E-state index in [1.165, 1.54) is 5.56 Å². The maximum absolute atomic E-state index is 12.3. The number of halogens is 1. The van der Waals surface area contributed by atoms with Gasteiger partial charge >= 0.3 is 0 Å². The molecule has 0 saturated heterocycles. The van der Waals surface area contributed by atoms with Crippen molar-refractivity contribution in [1.29, 1.82) is 0 Å². The van der Waals surface area contributed by atoms with Gasteiger partial charge in [-0.25, -0.2) is 0 Å². The third-order valence-corrected chi connectivity index (χ3v) is 3.56. The zero-order valence-corrected chi connectivity index (χ0v) is 13.1. The van der Waals surface area contributed by atoms with E-state index >= 15 is 0 Å². The fourth-order valence-corrected chi connectivity index (χ4v) is 2.26. The van der Waals surface area contributed by atoms with E-state index < -0.39 is 0 Å². The summed E-state index contributed by atoms with van der Waals surface area (Å²) in [7, 11) is 0. The molecule has 0 aliphatic carbocycles. The first-order valence-electron chi connectivity index (χ1n) is 6.43. The Kier molecular flexibility index (Phi) is 4.45. The Bertz CT molecular complexity index is 638. The predicted molar refractivity (Wildman–Crippen MR) is 87.0 cm³/mol. The molecule has 0 atom stereocenters. The van der Waals surface area contributed by atoms with Crippen molar-refractivity contribution in [3.63, 3.8) is 0 Å². The van der Waals surface area contributed by atoms with Gasteiger partial charge in [0.05, 0.1) is 5.56 Å². The number of carbonyl (C=O) groups excluding carboxylic acids is 1. The summed E-state index contributed by atoms with van der Waals surface area (Å²) in [6.45, 7) is 4.24. The number of nitrogens with one attached hydrogen (secondary N) is 1. The second-order valence-corrected chi connectivity index (χ2v) is 5.88. The van der Waals surface area contributed by atoms with E-state index in [0.717, 1.165) is 10.2 Å². The smallest absolute Gasteiger partial charge is 0.257 e. The summed E-state index contributed by atoms with van der Waals surface area (Å²) in [5.74, 6) is 0.215. The Hall–Kier alpha value is -1.81. The van der Waals surface area contributed by atoms with Gasteiger partial charge in [0.2, 0.25) is 0 Å². The van der Waals surface area contributed by atoms with Crippen LogP contribution in [0.15, 0.2) is 46.9 Å². The number of nitrogen functional groups attached to an aromatic ring is 1. The number of benzene rings is 2. The number of amides is 1. The molecule has 2 rings (SSSR count). The van der Waals surface area contributed by atoms with E-state index in [9.17, 15) is 4.79 Å². The Morgan fingerprint density at radius 3 is 2.65 bits per heavy atom. The Morgan fingerprint density at radius 2 is 1.95 bits per heavy atom. The first-order valence-corrected chi connectivity index (χ1v) is 7.23. The molecule has 2 aromatic rings. The van der Waals surface area contributed by atoms with Crippen LogP contribution in [0.2, 0.25) is 0 Å². The van der Waals surface area contributed by atoms with Crippen LogP contribution in [0.1, 0.15) is 35.7 Å². The summed E-state index contributed by atoms with van der Waals surface area (Å²) >= 11 is 3.35. The zero-order valence-electron chi connectivity index (χ0n) is 11.5. The van der Waals surface area contributed by atoms with Crippen molar-refractivity contribution in [2.75, 3.05) is 11.1 Å². The van der Waals surface area contributed by atoms with Gasteiger partial charge in [-0.1, -0.05) is 41.9 Å². The summed E-state index contributed by atoms with van der Waals surface area (Å²) in [5, 5.41) is 2.88. The topological polar surface area (TPSA) is 55.1 Å². The highest BCUT2D eigenvalue weighted by atomic mass is 79.9. The quantitative estimate of drug-likeness (QED) is 0.818. The first-order chi connectivity index (χ1) is 9.47. The molecule has 0 spiro atoms. The van der Waals surface area contributed by atoms with Gasteiger partial charge < -0.3 is 11.1 Å². The van der Waals surface area contributed by atoms with E-state index in [1.807, 2.05) is 30.3 Å². The maximum Gasteiger partial charge on any atom is 0.257 e. The molecule has 0 aromatic heterocycles. The van der Waals surface area contributed by atoms with Crippen LogP contribution < -0.4 is 11.1 Å². The van der Waals surface area contributed by atoms with Crippen LogP contribution in [0.3, 0.4) is 0 Å². The van der Waals surface area contributed by atoms with E-state index in [4.69, 9.17) is 5.73 Å². The van der Waals surface area contributed by atoms with E-state index in [2.05, 4.69) is 35.1 Å². The van der Waals surface area contributed by atoms with E-state index in [-0.39, 0.29) is 5.91 Å². The van der Waals surface area contributed by atoms with Gasteiger partial charge in [-0.05, 0) is 41.8 Å². The minimum Gasteiger partial charge on any atom is -0.398 e. The molecule has 0 bridgehead atoms. The minimum absolute atomic E-state index is 0.204. The van der Waals surface area contributed by atoms with Crippen LogP contribution in [0.25, 0.3) is 0 Å². The molecule has 3 N–H and O–H groups in total. The molecule has 0 saturated carbocycles. The van der Waals surface area contributed by atoms with Gasteiger partial charge in [0, 0.05) is 15.8 Å². The van der Waals surface area contributed by atoms with Crippen LogP contribution in [-0.2, 0) is 0 Å². The molecule has 0 heterocycles. The molecule has 4 heteroatoms.